The Balaban J connectivity index is 1.50. The van der Waals surface area contributed by atoms with Crippen molar-refractivity contribution in [2.75, 3.05) is 6.54 Å². The molecule has 1 saturated heterocycles. The van der Waals surface area contributed by atoms with Crippen molar-refractivity contribution in [3.05, 3.63) is 65.7 Å². The van der Waals surface area contributed by atoms with Gasteiger partial charge in [-0.2, -0.15) is 0 Å². The van der Waals surface area contributed by atoms with Crippen LogP contribution < -0.4 is 15.8 Å². The van der Waals surface area contributed by atoms with E-state index in [2.05, 4.69) is 10.6 Å². The minimum Gasteiger partial charge on any atom is -0.334 e. The van der Waals surface area contributed by atoms with Gasteiger partial charge >= 0.3 is 6.03 Å². The first kappa shape index (κ1) is 20.8. The molecule has 29 heavy (non-hydrogen) atoms. The van der Waals surface area contributed by atoms with Gasteiger partial charge in [0, 0.05) is 19.5 Å². The Morgan fingerprint density at radius 3 is 2.45 bits per heavy atom. The largest absolute Gasteiger partial charge is 0.334 e. The monoisotopic (exact) mass is 416 g/mol. The van der Waals surface area contributed by atoms with E-state index in [0.29, 0.717) is 6.54 Å². The van der Waals surface area contributed by atoms with Gasteiger partial charge in [0.1, 0.15) is 0 Å². The number of likely N-dealkylation sites (tertiary alicyclic amines) is 1. The number of nitrogens with one attached hydrogen (secondary N) is 2. The Hall–Kier alpha value is -2.91. The Morgan fingerprint density at radius 1 is 1.17 bits per heavy atom. The quantitative estimate of drug-likeness (QED) is 0.660. The number of hydrogen-bond donors (Lipinski definition) is 3. The molecule has 9 heteroatoms. The molecule has 0 bridgehead atoms. The summed E-state index contributed by atoms with van der Waals surface area (Å²) in [4.78, 5) is 26.3. The molecular weight excluding hydrogens is 392 g/mol. The summed E-state index contributed by atoms with van der Waals surface area (Å²) in [6, 6.07) is 15.0. The number of sulfonamides is 1. The number of hydrogen-bond acceptors (Lipinski definition) is 4. The fourth-order valence-electron chi connectivity index (χ4n) is 3.33. The van der Waals surface area contributed by atoms with E-state index < -0.39 is 10.0 Å². The highest BCUT2D eigenvalue weighted by Gasteiger charge is 2.33. The van der Waals surface area contributed by atoms with E-state index in [0.717, 1.165) is 11.1 Å². The molecule has 0 radical (unpaired) electrons. The van der Waals surface area contributed by atoms with Crippen LogP contribution in [0.25, 0.3) is 0 Å². The Bertz CT molecular complexity index is 977. The van der Waals surface area contributed by atoms with Gasteiger partial charge in [0.2, 0.25) is 15.9 Å². The van der Waals surface area contributed by atoms with Crippen LogP contribution in [0.15, 0.2) is 59.5 Å². The van der Waals surface area contributed by atoms with E-state index in [4.69, 9.17) is 5.14 Å². The second-order valence-corrected chi connectivity index (χ2v) is 8.61. The van der Waals surface area contributed by atoms with Crippen LogP contribution >= 0.6 is 0 Å². The van der Waals surface area contributed by atoms with Crippen molar-refractivity contribution in [2.45, 2.75) is 36.9 Å². The number of amides is 3. The molecule has 2 aromatic rings. The van der Waals surface area contributed by atoms with Crippen molar-refractivity contribution in [3.8, 4) is 0 Å². The summed E-state index contributed by atoms with van der Waals surface area (Å²) >= 11 is 0. The first-order valence-corrected chi connectivity index (χ1v) is 10.8. The maximum atomic E-state index is 12.4. The maximum absolute atomic E-state index is 12.4. The first-order valence-electron chi connectivity index (χ1n) is 9.24. The molecule has 2 atom stereocenters. The second-order valence-electron chi connectivity index (χ2n) is 7.05. The molecule has 0 aromatic heterocycles. The van der Waals surface area contributed by atoms with Crippen LogP contribution in [0.5, 0.6) is 0 Å². The van der Waals surface area contributed by atoms with Crippen molar-refractivity contribution in [2.24, 2.45) is 5.14 Å². The van der Waals surface area contributed by atoms with Gasteiger partial charge in [-0.1, -0.05) is 42.5 Å². The Kier molecular flexibility index (Phi) is 6.19. The summed E-state index contributed by atoms with van der Waals surface area (Å²) < 4.78 is 22.5. The summed E-state index contributed by atoms with van der Waals surface area (Å²) in [6.45, 7) is 2.65. The van der Waals surface area contributed by atoms with Crippen molar-refractivity contribution < 1.29 is 18.0 Å². The minimum absolute atomic E-state index is 0.00485. The number of nitrogens with two attached hydrogens (primary N) is 1. The number of rotatable bonds is 6. The average molecular weight is 417 g/mol. The zero-order valence-electron chi connectivity index (χ0n) is 16.0. The third-order valence-corrected chi connectivity index (χ3v) is 5.88. The summed E-state index contributed by atoms with van der Waals surface area (Å²) in [7, 11) is -3.74. The zero-order chi connectivity index (χ0) is 21.0. The van der Waals surface area contributed by atoms with E-state index in [-0.39, 0.29) is 41.9 Å². The average Bonchev–Trinajstić information content (AvgIpc) is 3.06. The number of carbonyl (C=O) groups excluding carboxylic acids is 2. The van der Waals surface area contributed by atoms with E-state index in [1.807, 2.05) is 37.3 Å². The molecular formula is C20H24N4O4S. The van der Waals surface area contributed by atoms with Crippen molar-refractivity contribution in [3.63, 3.8) is 0 Å². The predicted octanol–water partition coefficient (Wildman–Crippen LogP) is 1.50. The van der Waals surface area contributed by atoms with Gasteiger partial charge in [-0.25, -0.2) is 18.4 Å². The van der Waals surface area contributed by atoms with Gasteiger partial charge in [-0.3, -0.25) is 4.79 Å². The summed E-state index contributed by atoms with van der Waals surface area (Å²) in [5.74, 6) is 0.00485. The molecule has 154 valence electrons. The Labute approximate surface area is 170 Å². The number of primary sulfonamides is 1. The summed E-state index contributed by atoms with van der Waals surface area (Å²) in [6.07, 6.45) is 0.258. The number of nitrogens with zero attached hydrogens (tertiary/aromatic N) is 1. The molecule has 0 saturated carbocycles. The van der Waals surface area contributed by atoms with Crippen LogP contribution in [-0.2, 0) is 21.4 Å². The lowest BCUT2D eigenvalue weighted by Crippen LogP contribution is -2.43. The van der Waals surface area contributed by atoms with Crippen LogP contribution in [0, 0.1) is 0 Å². The van der Waals surface area contributed by atoms with Gasteiger partial charge in [0.05, 0.1) is 17.0 Å². The molecule has 3 amide bonds. The van der Waals surface area contributed by atoms with Gasteiger partial charge in [-0.05, 0) is 30.2 Å². The van der Waals surface area contributed by atoms with E-state index in [1.165, 1.54) is 12.1 Å². The predicted molar refractivity (Wildman–Crippen MR) is 108 cm³/mol. The minimum atomic E-state index is -3.74. The standard InChI is InChI=1S/C20H24N4O4S/c1-14(16-5-3-2-4-6-16)24-13-17(11-19(24)25)23-20(26)22-12-15-7-9-18(10-8-15)29(21,27)28/h2-10,14,17H,11-13H2,1H3,(H2,21,27,28)(H2,22,23,26). The van der Waals surface area contributed by atoms with Gasteiger partial charge < -0.3 is 15.5 Å². The van der Waals surface area contributed by atoms with Crippen LogP contribution in [0.4, 0.5) is 4.79 Å². The molecule has 1 aliphatic heterocycles. The van der Waals surface area contributed by atoms with Gasteiger partial charge in [0.15, 0.2) is 0 Å². The van der Waals surface area contributed by atoms with Gasteiger partial charge in [-0.15, -0.1) is 0 Å². The lowest BCUT2D eigenvalue weighted by molar-refractivity contribution is -0.129. The lowest BCUT2D eigenvalue weighted by atomic mass is 10.1. The summed E-state index contributed by atoms with van der Waals surface area (Å²) in [5, 5.41) is 10.6. The van der Waals surface area contributed by atoms with Crippen LogP contribution in [0.2, 0.25) is 0 Å². The molecule has 2 unspecified atom stereocenters. The fraction of sp³-hybridized carbons (Fsp3) is 0.300. The SMILES string of the molecule is CC(c1ccccc1)N1CC(NC(=O)NCc2ccc(S(N)(=O)=O)cc2)CC1=O. The number of benzene rings is 2. The lowest BCUT2D eigenvalue weighted by Gasteiger charge is -2.25. The molecule has 2 aromatic carbocycles. The van der Waals surface area contributed by atoms with E-state index >= 15 is 0 Å². The smallest absolute Gasteiger partial charge is 0.315 e. The molecule has 1 aliphatic rings. The number of urea groups is 1. The highest BCUT2D eigenvalue weighted by Crippen LogP contribution is 2.25. The number of carbonyl (C=O) groups is 2. The molecule has 1 heterocycles. The van der Waals surface area contributed by atoms with E-state index in [1.54, 1.807) is 17.0 Å². The van der Waals surface area contributed by atoms with Crippen molar-refractivity contribution in [1.29, 1.82) is 0 Å². The van der Waals surface area contributed by atoms with Crippen LogP contribution in [0.1, 0.15) is 30.5 Å². The second kappa shape index (κ2) is 8.62. The molecule has 3 rings (SSSR count). The third kappa shape index (κ3) is 5.33. The highest BCUT2D eigenvalue weighted by atomic mass is 32.2. The van der Waals surface area contributed by atoms with Crippen molar-refractivity contribution in [1.82, 2.24) is 15.5 Å². The highest BCUT2D eigenvalue weighted by molar-refractivity contribution is 7.89. The summed E-state index contributed by atoms with van der Waals surface area (Å²) in [5.41, 5.74) is 1.78. The van der Waals surface area contributed by atoms with E-state index in [9.17, 15) is 18.0 Å². The van der Waals surface area contributed by atoms with Crippen LogP contribution in [-0.4, -0.2) is 37.8 Å². The topological polar surface area (TPSA) is 122 Å². The molecule has 1 fully saturated rings. The molecule has 0 aliphatic carbocycles. The van der Waals surface area contributed by atoms with Crippen LogP contribution in [0.3, 0.4) is 0 Å². The molecule has 0 spiro atoms. The normalized spacial score (nSPS) is 17.8. The van der Waals surface area contributed by atoms with Crippen molar-refractivity contribution >= 4 is 22.0 Å². The van der Waals surface area contributed by atoms with Gasteiger partial charge in [0.25, 0.3) is 0 Å². The third-order valence-electron chi connectivity index (χ3n) is 4.95. The fourth-order valence-corrected chi connectivity index (χ4v) is 3.85. The molecule has 4 N–H and O–H groups in total. The zero-order valence-corrected chi connectivity index (χ0v) is 16.9. The maximum Gasteiger partial charge on any atom is 0.315 e. The Morgan fingerprint density at radius 2 is 1.83 bits per heavy atom. The first-order chi connectivity index (χ1) is 13.7. The molecule has 8 nitrogen and oxygen atoms in total.